The van der Waals surface area contributed by atoms with E-state index < -0.39 is 18.0 Å². The first-order chi connectivity index (χ1) is 10.4. The Labute approximate surface area is 123 Å². The second-order valence-corrected chi connectivity index (χ2v) is 4.28. The smallest absolute Gasteiger partial charge is 0.408 e. The molecule has 1 aromatic carbocycles. The lowest BCUT2D eigenvalue weighted by molar-refractivity contribution is -0.274. The Bertz CT molecular complexity index is 638. The third-order valence-electron chi connectivity index (χ3n) is 2.50. The number of amides is 1. The summed E-state index contributed by atoms with van der Waals surface area (Å²) in [6.07, 6.45) is -3.37. The highest BCUT2D eigenvalue weighted by Crippen LogP contribution is 2.23. The molecule has 0 bridgehead atoms. The maximum absolute atomic E-state index is 12.0. The molecule has 0 aliphatic carbocycles. The minimum Gasteiger partial charge on any atom is -0.408 e. The van der Waals surface area contributed by atoms with Crippen LogP contribution in [-0.4, -0.2) is 22.5 Å². The lowest BCUT2D eigenvalue weighted by atomic mass is 10.2. The van der Waals surface area contributed by atoms with Crippen molar-refractivity contribution in [2.75, 3.05) is 5.32 Å². The fraction of sp³-hybridized carbons (Fsp3) is 0.308. The van der Waals surface area contributed by atoms with Gasteiger partial charge in [0.15, 0.2) is 0 Å². The zero-order chi connectivity index (χ0) is 16.2. The number of benzene rings is 1. The summed E-state index contributed by atoms with van der Waals surface area (Å²) in [5.74, 6) is -0.593. The molecular formula is C13H12F3N3O3. The summed E-state index contributed by atoms with van der Waals surface area (Å²) in [6.45, 7) is 1.94. The molecular weight excluding hydrogens is 303 g/mol. The lowest BCUT2D eigenvalue weighted by Gasteiger charge is -2.08. The van der Waals surface area contributed by atoms with E-state index in [-0.39, 0.29) is 11.6 Å². The predicted octanol–water partition coefficient (Wildman–Crippen LogP) is 3.17. The maximum atomic E-state index is 12.0. The van der Waals surface area contributed by atoms with Gasteiger partial charge < -0.3 is 9.15 Å². The SMILES string of the molecule is CCCc1nnc(NC(=O)c2ccc(OC(F)(F)F)cc2)o1. The number of rotatable bonds is 5. The Balaban J connectivity index is 2.00. The molecule has 0 atom stereocenters. The molecule has 0 unspecified atom stereocenters. The number of nitrogens with zero attached hydrogens (tertiary/aromatic N) is 2. The monoisotopic (exact) mass is 315 g/mol. The Morgan fingerprint density at radius 3 is 2.55 bits per heavy atom. The fourth-order valence-electron chi connectivity index (χ4n) is 1.60. The van der Waals surface area contributed by atoms with Gasteiger partial charge in [0.1, 0.15) is 5.75 Å². The Morgan fingerprint density at radius 1 is 1.27 bits per heavy atom. The highest BCUT2D eigenvalue weighted by atomic mass is 19.4. The van der Waals surface area contributed by atoms with Crippen LogP contribution in [0.15, 0.2) is 28.7 Å². The topological polar surface area (TPSA) is 77.2 Å². The second-order valence-electron chi connectivity index (χ2n) is 4.28. The van der Waals surface area contributed by atoms with Crippen LogP contribution < -0.4 is 10.1 Å². The number of carbonyl (C=O) groups is 1. The van der Waals surface area contributed by atoms with Crippen molar-refractivity contribution < 1.29 is 27.1 Å². The van der Waals surface area contributed by atoms with E-state index in [0.717, 1.165) is 18.6 Å². The van der Waals surface area contributed by atoms with Gasteiger partial charge in [-0.2, -0.15) is 0 Å². The van der Waals surface area contributed by atoms with E-state index in [0.29, 0.717) is 12.3 Å². The van der Waals surface area contributed by atoms with Crippen LogP contribution in [-0.2, 0) is 6.42 Å². The molecule has 0 spiro atoms. The molecule has 9 heteroatoms. The van der Waals surface area contributed by atoms with Gasteiger partial charge in [-0.05, 0) is 30.7 Å². The Kier molecular flexibility index (Phi) is 4.64. The van der Waals surface area contributed by atoms with Gasteiger partial charge >= 0.3 is 12.4 Å². The molecule has 0 aliphatic heterocycles. The van der Waals surface area contributed by atoms with Crippen molar-refractivity contribution in [1.29, 1.82) is 0 Å². The molecule has 1 amide bonds. The van der Waals surface area contributed by atoms with Gasteiger partial charge in [0.2, 0.25) is 5.89 Å². The van der Waals surface area contributed by atoms with Crippen molar-refractivity contribution >= 4 is 11.9 Å². The van der Waals surface area contributed by atoms with E-state index in [1.54, 1.807) is 0 Å². The van der Waals surface area contributed by atoms with Crippen molar-refractivity contribution in [3.8, 4) is 5.75 Å². The molecule has 0 saturated heterocycles. The number of hydrogen-bond donors (Lipinski definition) is 1. The van der Waals surface area contributed by atoms with Crippen LogP contribution in [0.25, 0.3) is 0 Å². The van der Waals surface area contributed by atoms with Crippen LogP contribution in [0.2, 0.25) is 0 Å². The molecule has 1 heterocycles. The van der Waals surface area contributed by atoms with Crippen molar-refractivity contribution in [2.24, 2.45) is 0 Å². The summed E-state index contributed by atoms with van der Waals surface area (Å²) in [5, 5.41) is 9.74. The second kappa shape index (κ2) is 6.46. The molecule has 6 nitrogen and oxygen atoms in total. The van der Waals surface area contributed by atoms with Gasteiger partial charge in [-0.15, -0.1) is 18.3 Å². The van der Waals surface area contributed by atoms with Crippen LogP contribution in [0.5, 0.6) is 5.75 Å². The summed E-state index contributed by atoms with van der Waals surface area (Å²) in [6, 6.07) is 4.40. The zero-order valence-electron chi connectivity index (χ0n) is 11.5. The number of halogens is 3. The van der Waals surface area contributed by atoms with E-state index in [2.05, 4.69) is 20.3 Å². The van der Waals surface area contributed by atoms with Crippen LogP contribution >= 0.6 is 0 Å². The van der Waals surface area contributed by atoms with E-state index in [1.807, 2.05) is 6.92 Å². The first-order valence-corrected chi connectivity index (χ1v) is 6.37. The predicted molar refractivity (Wildman–Crippen MR) is 69.4 cm³/mol. The summed E-state index contributed by atoms with van der Waals surface area (Å²) < 4.78 is 45.0. The molecule has 118 valence electrons. The molecule has 1 N–H and O–H groups in total. The van der Waals surface area contributed by atoms with Crippen LogP contribution in [0.1, 0.15) is 29.6 Å². The average Bonchev–Trinajstić information content (AvgIpc) is 2.85. The largest absolute Gasteiger partial charge is 0.573 e. The highest BCUT2D eigenvalue weighted by Gasteiger charge is 2.31. The van der Waals surface area contributed by atoms with Crippen molar-refractivity contribution in [3.63, 3.8) is 0 Å². The summed E-state index contributed by atoms with van der Waals surface area (Å²) >= 11 is 0. The molecule has 22 heavy (non-hydrogen) atoms. The molecule has 0 saturated carbocycles. The zero-order valence-corrected chi connectivity index (χ0v) is 11.5. The van der Waals surface area contributed by atoms with Crippen molar-refractivity contribution in [3.05, 3.63) is 35.7 Å². The lowest BCUT2D eigenvalue weighted by Crippen LogP contribution is -2.17. The molecule has 2 aromatic rings. The van der Waals surface area contributed by atoms with E-state index in [4.69, 9.17) is 4.42 Å². The summed E-state index contributed by atoms with van der Waals surface area (Å²) in [4.78, 5) is 11.9. The van der Waals surface area contributed by atoms with Crippen molar-refractivity contribution in [2.45, 2.75) is 26.1 Å². The number of aryl methyl sites for hydroxylation is 1. The first-order valence-electron chi connectivity index (χ1n) is 6.37. The summed E-state index contributed by atoms with van der Waals surface area (Å²) in [5.41, 5.74) is 0.129. The molecule has 0 aliphatic rings. The van der Waals surface area contributed by atoms with Crippen LogP contribution in [0.4, 0.5) is 19.2 Å². The molecule has 1 aromatic heterocycles. The third-order valence-corrected chi connectivity index (χ3v) is 2.50. The van der Waals surface area contributed by atoms with E-state index in [1.165, 1.54) is 12.1 Å². The standard InChI is InChI=1S/C13H12F3N3O3/c1-2-3-10-18-19-12(21-10)17-11(20)8-4-6-9(7-5-8)22-13(14,15)16/h4-7H,2-3H2,1H3,(H,17,19,20). The van der Waals surface area contributed by atoms with Gasteiger partial charge in [-0.25, -0.2) is 0 Å². The van der Waals surface area contributed by atoms with Gasteiger partial charge in [-0.1, -0.05) is 12.0 Å². The number of carbonyl (C=O) groups excluding carboxylic acids is 1. The number of anilines is 1. The minimum absolute atomic E-state index is 0.0657. The number of ether oxygens (including phenoxy) is 1. The van der Waals surface area contributed by atoms with Gasteiger partial charge in [0, 0.05) is 12.0 Å². The number of hydrogen-bond acceptors (Lipinski definition) is 5. The third kappa shape index (κ3) is 4.47. The number of aromatic nitrogens is 2. The molecule has 0 fully saturated rings. The molecule has 2 rings (SSSR count). The first kappa shape index (κ1) is 15.8. The van der Waals surface area contributed by atoms with Crippen LogP contribution in [0, 0.1) is 0 Å². The minimum atomic E-state index is -4.77. The number of alkyl halides is 3. The Morgan fingerprint density at radius 2 is 1.95 bits per heavy atom. The highest BCUT2D eigenvalue weighted by molar-refractivity contribution is 6.03. The van der Waals surface area contributed by atoms with Gasteiger partial charge in [-0.3, -0.25) is 10.1 Å². The normalized spacial score (nSPS) is 11.3. The van der Waals surface area contributed by atoms with Crippen molar-refractivity contribution in [1.82, 2.24) is 10.2 Å². The number of nitrogens with one attached hydrogen (secondary N) is 1. The van der Waals surface area contributed by atoms with Gasteiger partial charge in [0.25, 0.3) is 5.91 Å². The van der Waals surface area contributed by atoms with E-state index in [9.17, 15) is 18.0 Å². The maximum Gasteiger partial charge on any atom is 0.573 e. The molecule has 0 radical (unpaired) electrons. The van der Waals surface area contributed by atoms with E-state index >= 15 is 0 Å². The average molecular weight is 315 g/mol. The van der Waals surface area contributed by atoms with Crippen LogP contribution in [0.3, 0.4) is 0 Å². The quantitative estimate of drug-likeness (QED) is 0.917. The van der Waals surface area contributed by atoms with Gasteiger partial charge in [0.05, 0.1) is 0 Å². The Hall–Kier alpha value is -2.58. The summed E-state index contributed by atoms with van der Waals surface area (Å²) in [7, 11) is 0. The fourth-order valence-corrected chi connectivity index (χ4v) is 1.60.